The maximum absolute atomic E-state index is 12.7. The van der Waals surface area contributed by atoms with Crippen LogP contribution in [0.15, 0.2) is 34.7 Å². The van der Waals surface area contributed by atoms with Crippen molar-refractivity contribution in [2.75, 3.05) is 20.8 Å². The molecule has 1 aromatic heterocycles. The fourth-order valence-corrected chi connectivity index (χ4v) is 3.89. The molecule has 0 aliphatic carbocycles. The van der Waals surface area contributed by atoms with Gasteiger partial charge in [-0.15, -0.1) is 0 Å². The Morgan fingerprint density at radius 1 is 0.935 bits per heavy atom. The van der Waals surface area contributed by atoms with Crippen molar-refractivity contribution >= 4 is 61.9 Å². The van der Waals surface area contributed by atoms with E-state index in [1.807, 2.05) is 0 Å². The van der Waals surface area contributed by atoms with E-state index in [4.69, 9.17) is 43.6 Å². The summed E-state index contributed by atoms with van der Waals surface area (Å²) in [6.07, 6.45) is -0.332. The molecule has 46 heavy (non-hydrogen) atoms. The second-order valence-electron chi connectivity index (χ2n) is 9.35. The fraction of sp³-hybridized carbons (Fsp3) is 0.370. The van der Waals surface area contributed by atoms with Crippen molar-refractivity contribution in [3.63, 3.8) is 0 Å². The Bertz CT molecular complexity index is 1590. The first kappa shape index (κ1) is 37.5. The number of Topliss-reactive ketones (excluding diaryl/α,β-unsaturated/α-hetero) is 1. The van der Waals surface area contributed by atoms with Crippen LogP contribution in [-0.2, 0) is 38.6 Å². The molecule has 18 nitrogen and oxygen atoms in total. The number of fused-ring (bicyclic) bond motifs is 2. The van der Waals surface area contributed by atoms with Gasteiger partial charge >= 0.3 is 34.4 Å². The third-order valence-corrected chi connectivity index (χ3v) is 6.27. The molecule has 1 amide bonds. The van der Waals surface area contributed by atoms with Gasteiger partial charge in [0.25, 0.3) is 0 Å². The topological polar surface area (TPSA) is 283 Å². The van der Waals surface area contributed by atoms with Crippen LogP contribution >= 0.6 is 0 Å². The van der Waals surface area contributed by atoms with E-state index in [0.717, 1.165) is 0 Å². The van der Waals surface area contributed by atoms with Crippen LogP contribution in [0.5, 0.6) is 11.5 Å². The number of hydrogen-bond donors (Lipinski definition) is 5. The molecule has 0 bridgehead atoms. The number of esters is 3. The van der Waals surface area contributed by atoms with E-state index in [2.05, 4.69) is 19.1 Å². The zero-order valence-electron chi connectivity index (χ0n) is 24.8. The standard InChI is InChI=1S/C27H31N3O10.H2O5S.H2/c1-14(31)20-13-17-22(40-27(35)30-12-11-19(29)26(34)37-3)15-7-4-5-8-16(15)23(24(17)38-20)39-21(32)10-6-9-18(28)25(33)36-2;1-5-6(2,3)4;/h4-5,7-8,13,18-19H,6,9-12,28-29H2,1-3H3,(H,30,35);1H,(H,2,3,4);1H/t18-,19-;;/m0../s1. The molecule has 0 radical (unpaired) electrons. The molecule has 1 heterocycles. The summed E-state index contributed by atoms with van der Waals surface area (Å²) in [5, 5.41) is 10.6. The van der Waals surface area contributed by atoms with Gasteiger partial charge in [0.1, 0.15) is 12.1 Å². The molecule has 0 unspecified atom stereocenters. The number of carbonyl (C=O) groups is 5. The molecule has 0 aliphatic heterocycles. The quantitative estimate of drug-likeness (QED) is 0.0432. The van der Waals surface area contributed by atoms with Gasteiger partial charge in [-0.3, -0.25) is 23.7 Å². The summed E-state index contributed by atoms with van der Waals surface area (Å²) in [7, 11) is -2.17. The minimum atomic E-state index is -4.61. The normalized spacial score (nSPS) is 12.3. The summed E-state index contributed by atoms with van der Waals surface area (Å²) >= 11 is 0. The number of benzene rings is 2. The first-order valence-electron chi connectivity index (χ1n) is 13.3. The Labute approximate surface area is 263 Å². The number of carbonyl (C=O) groups excluding carboxylic acids is 5. The molecule has 0 aliphatic rings. The largest absolute Gasteiger partial charge is 0.468 e. The van der Waals surface area contributed by atoms with Crippen LogP contribution in [0.25, 0.3) is 21.7 Å². The predicted molar refractivity (Wildman–Crippen MR) is 159 cm³/mol. The summed E-state index contributed by atoms with van der Waals surface area (Å²) in [6, 6.07) is 6.28. The summed E-state index contributed by atoms with van der Waals surface area (Å²) < 4.78 is 54.1. The lowest BCUT2D eigenvalue weighted by Crippen LogP contribution is -2.37. The second kappa shape index (κ2) is 17.1. The molecule has 2 atom stereocenters. The molecule has 0 fully saturated rings. The van der Waals surface area contributed by atoms with Crippen LogP contribution < -0.4 is 26.3 Å². The van der Waals surface area contributed by atoms with E-state index in [9.17, 15) is 24.0 Å². The highest BCUT2D eigenvalue weighted by Crippen LogP contribution is 2.44. The Hall–Kier alpha value is -4.66. The molecular formula is C27H35N3O15S. The lowest BCUT2D eigenvalue weighted by atomic mass is 10.0. The SMILES string of the molecule is COC(=O)[C@@H](N)CCCC(=O)Oc1c2ccccc2c(OC(=O)NCC[C@H](N)C(=O)OC)c2cc(C(C)=O)oc12.O=S(=O)(O)OO.[HH]. The van der Waals surface area contributed by atoms with Gasteiger partial charge in [-0.2, -0.15) is 8.42 Å². The Balaban J connectivity index is 0.00000144. The Morgan fingerprint density at radius 2 is 1.48 bits per heavy atom. The van der Waals surface area contributed by atoms with Gasteiger partial charge in [0.2, 0.25) is 0 Å². The third kappa shape index (κ3) is 10.8. The summed E-state index contributed by atoms with van der Waals surface area (Å²) in [5.41, 5.74) is 11.4. The average Bonchev–Trinajstić information content (AvgIpc) is 3.47. The maximum atomic E-state index is 12.7. The summed E-state index contributed by atoms with van der Waals surface area (Å²) in [6.45, 7) is 1.32. The minimum Gasteiger partial charge on any atom is -0.468 e. The minimum absolute atomic E-state index is 0. The monoisotopic (exact) mass is 673 g/mol. The number of furan rings is 1. The molecule has 0 saturated heterocycles. The first-order valence-corrected chi connectivity index (χ1v) is 14.6. The average molecular weight is 674 g/mol. The van der Waals surface area contributed by atoms with Crippen molar-refractivity contribution in [3.05, 3.63) is 36.1 Å². The number of ketones is 1. The van der Waals surface area contributed by atoms with Crippen molar-refractivity contribution < 1.29 is 71.3 Å². The van der Waals surface area contributed by atoms with Gasteiger partial charge in [0.15, 0.2) is 28.6 Å². The zero-order chi connectivity index (χ0) is 34.6. The van der Waals surface area contributed by atoms with Crippen molar-refractivity contribution in [1.29, 1.82) is 0 Å². The fourth-order valence-electron chi connectivity index (χ4n) is 3.89. The second-order valence-corrected chi connectivity index (χ2v) is 10.4. The molecule has 0 saturated carbocycles. The van der Waals surface area contributed by atoms with Crippen LogP contribution in [0.4, 0.5) is 4.79 Å². The number of methoxy groups -OCH3 is 2. The highest BCUT2D eigenvalue weighted by molar-refractivity contribution is 7.80. The van der Waals surface area contributed by atoms with Crippen molar-refractivity contribution in [2.45, 2.75) is 44.7 Å². The van der Waals surface area contributed by atoms with E-state index < -0.39 is 52.3 Å². The zero-order valence-corrected chi connectivity index (χ0v) is 25.7. The molecule has 19 heteroatoms. The number of rotatable bonds is 13. The van der Waals surface area contributed by atoms with Crippen molar-refractivity contribution in [2.24, 2.45) is 11.5 Å². The van der Waals surface area contributed by atoms with Gasteiger partial charge in [0, 0.05) is 32.1 Å². The highest BCUT2D eigenvalue weighted by atomic mass is 32.3. The smallest absolute Gasteiger partial charge is 0.423 e. The van der Waals surface area contributed by atoms with Crippen LogP contribution in [0.3, 0.4) is 0 Å². The van der Waals surface area contributed by atoms with E-state index in [1.54, 1.807) is 24.3 Å². The van der Waals surface area contributed by atoms with Gasteiger partial charge in [-0.05, 0) is 25.3 Å². The van der Waals surface area contributed by atoms with Crippen LogP contribution in [0, 0.1) is 0 Å². The lowest BCUT2D eigenvalue weighted by Gasteiger charge is -2.14. The summed E-state index contributed by atoms with van der Waals surface area (Å²) in [5.74, 6) is -2.16. The van der Waals surface area contributed by atoms with Crippen molar-refractivity contribution in [1.82, 2.24) is 5.32 Å². The Kier molecular flexibility index (Phi) is 14.0. The predicted octanol–water partition coefficient (Wildman–Crippen LogP) is 1.87. The summed E-state index contributed by atoms with van der Waals surface area (Å²) in [4.78, 5) is 60.5. The van der Waals surface area contributed by atoms with Gasteiger partial charge in [-0.1, -0.05) is 28.6 Å². The molecule has 3 aromatic rings. The van der Waals surface area contributed by atoms with E-state index in [1.165, 1.54) is 27.2 Å². The third-order valence-electron chi connectivity index (χ3n) is 6.08. The number of nitrogens with one attached hydrogen (secondary N) is 1. The van der Waals surface area contributed by atoms with Gasteiger partial charge in [-0.25, -0.2) is 10.1 Å². The molecule has 7 N–H and O–H groups in total. The number of amides is 1. The highest BCUT2D eigenvalue weighted by Gasteiger charge is 2.25. The van der Waals surface area contributed by atoms with E-state index in [-0.39, 0.29) is 61.9 Å². The molecule has 254 valence electrons. The molecule has 0 spiro atoms. The van der Waals surface area contributed by atoms with E-state index in [0.29, 0.717) is 10.8 Å². The number of hydrogen-bond acceptors (Lipinski definition) is 16. The van der Waals surface area contributed by atoms with Gasteiger partial charge < -0.3 is 40.1 Å². The van der Waals surface area contributed by atoms with Crippen LogP contribution in [0.1, 0.15) is 44.6 Å². The number of ether oxygens (including phenoxy) is 4. The maximum Gasteiger partial charge on any atom is 0.423 e. The van der Waals surface area contributed by atoms with Crippen molar-refractivity contribution in [3.8, 4) is 11.5 Å². The first-order chi connectivity index (χ1) is 21.6. The van der Waals surface area contributed by atoms with E-state index >= 15 is 0 Å². The molecular weight excluding hydrogens is 638 g/mol. The molecule has 3 rings (SSSR count). The Morgan fingerprint density at radius 3 is 2.00 bits per heavy atom. The molecule has 2 aromatic carbocycles. The van der Waals surface area contributed by atoms with Crippen LogP contribution in [-0.4, -0.2) is 80.9 Å². The number of nitrogens with two attached hydrogens (primary N) is 2. The van der Waals surface area contributed by atoms with Gasteiger partial charge in [0.05, 0.1) is 19.6 Å². The van der Waals surface area contributed by atoms with Crippen LogP contribution in [0.2, 0.25) is 0 Å². The lowest BCUT2D eigenvalue weighted by molar-refractivity contribution is -0.143.